The van der Waals surface area contributed by atoms with Gasteiger partial charge in [0.05, 0.1) is 41.4 Å². The van der Waals surface area contributed by atoms with Crippen molar-refractivity contribution in [3.05, 3.63) is 53.7 Å². The summed E-state index contributed by atoms with van der Waals surface area (Å²) < 4.78 is 32.1. The molecule has 4 aromatic rings. The normalized spacial score (nSPS) is 13.7. The Morgan fingerprint density at radius 2 is 1.89 bits per heavy atom. The second kappa shape index (κ2) is 14.1. The van der Waals surface area contributed by atoms with E-state index in [1.807, 2.05) is 18.2 Å². The number of aromatic nitrogens is 4. The van der Waals surface area contributed by atoms with Gasteiger partial charge in [0, 0.05) is 4.90 Å². The van der Waals surface area contributed by atoms with E-state index in [4.69, 9.17) is 16.3 Å². The van der Waals surface area contributed by atoms with Crippen LogP contribution in [0.2, 0.25) is 5.02 Å². The average Bonchev–Trinajstić information content (AvgIpc) is 3.67. The Kier molecular flexibility index (Phi) is 10.2. The van der Waals surface area contributed by atoms with Crippen LogP contribution in [-0.2, 0) is 14.6 Å². The fourth-order valence-corrected chi connectivity index (χ4v) is 7.49. The standard InChI is InChI=1S/C28H31ClN8O4S3/c1-17(2)44(39,40)23-9-5-4-8-21(23)31-25-19(29)15-30-26(34-25)32-20-11-10-18(14-22(20)41-3)42-28-36-35-27(43-28)33-24(38)16-37-12-6-7-13-37/h4-5,8-11,14-15,17H,6-7,12-13,16H2,1-3H3,(H,33,35,38)(H2,30,31,32,34). The molecule has 2 aromatic heterocycles. The molecule has 1 aliphatic heterocycles. The molecule has 0 saturated carbocycles. The van der Waals surface area contributed by atoms with Gasteiger partial charge in [0.15, 0.2) is 20.0 Å². The van der Waals surface area contributed by atoms with Gasteiger partial charge in [-0.2, -0.15) is 4.98 Å². The first kappa shape index (κ1) is 31.9. The fourth-order valence-electron chi connectivity index (χ4n) is 4.38. The van der Waals surface area contributed by atoms with Crippen LogP contribution in [0.4, 0.5) is 28.3 Å². The molecule has 0 bridgehead atoms. The van der Waals surface area contributed by atoms with E-state index < -0.39 is 15.1 Å². The van der Waals surface area contributed by atoms with Crippen molar-refractivity contribution < 1.29 is 17.9 Å². The van der Waals surface area contributed by atoms with Crippen LogP contribution >= 0.6 is 34.7 Å². The molecule has 232 valence electrons. The molecule has 5 rings (SSSR count). The number of benzene rings is 2. The van der Waals surface area contributed by atoms with Gasteiger partial charge in [-0.3, -0.25) is 15.0 Å². The zero-order chi connectivity index (χ0) is 31.3. The summed E-state index contributed by atoms with van der Waals surface area (Å²) in [6, 6.07) is 12.1. The summed E-state index contributed by atoms with van der Waals surface area (Å²) in [5, 5.41) is 17.4. The number of nitrogens with zero attached hydrogens (tertiary/aromatic N) is 5. The summed E-state index contributed by atoms with van der Waals surface area (Å²) in [6.45, 7) is 5.50. The molecule has 16 heteroatoms. The van der Waals surface area contributed by atoms with E-state index in [1.54, 1.807) is 45.2 Å². The molecule has 0 unspecified atom stereocenters. The van der Waals surface area contributed by atoms with Gasteiger partial charge in [0.25, 0.3) is 0 Å². The maximum Gasteiger partial charge on any atom is 0.240 e. The second-order valence-electron chi connectivity index (χ2n) is 10.1. The van der Waals surface area contributed by atoms with E-state index in [-0.39, 0.29) is 27.6 Å². The van der Waals surface area contributed by atoms with Crippen molar-refractivity contribution in [2.24, 2.45) is 0 Å². The Bertz CT molecular complexity index is 1750. The predicted molar refractivity (Wildman–Crippen MR) is 174 cm³/mol. The van der Waals surface area contributed by atoms with Gasteiger partial charge in [-0.05, 0) is 70.1 Å². The molecular formula is C28H31ClN8O4S3. The molecule has 1 aliphatic rings. The van der Waals surface area contributed by atoms with E-state index in [0.717, 1.165) is 30.8 Å². The van der Waals surface area contributed by atoms with Gasteiger partial charge in [0.1, 0.15) is 10.8 Å². The minimum atomic E-state index is -3.55. The van der Waals surface area contributed by atoms with Crippen molar-refractivity contribution in [1.29, 1.82) is 0 Å². The number of anilines is 5. The van der Waals surface area contributed by atoms with Crippen molar-refractivity contribution >= 4 is 78.7 Å². The quantitative estimate of drug-likeness (QED) is 0.155. The molecule has 3 heterocycles. The third-order valence-corrected chi connectivity index (χ3v) is 11.0. The number of methoxy groups -OCH3 is 1. The number of rotatable bonds is 12. The number of nitrogens with one attached hydrogen (secondary N) is 3. The number of carbonyl (C=O) groups excluding carboxylic acids is 1. The van der Waals surface area contributed by atoms with Gasteiger partial charge in [0.2, 0.25) is 17.0 Å². The maximum atomic E-state index is 12.9. The Hall–Kier alpha value is -3.50. The zero-order valence-electron chi connectivity index (χ0n) is 24.2. The van der Waals surface area contributed by atoms with Crippen LogP contribution in [0.15, 0.2) is 62.8 Å². The highest BCUT2D eigenvalue weighted by atomic mass is 35.5. The van der Waals surface area contributed by atoms with Gasteiger partial charge in [-0.25, -0.2) is 13.4 Å². The van der Waals surface area contributed by atoms with E-state index in [1.165, 1.54) is 29.3 Å². The molecule has 1 amide bonds. The number of amides is 1. The first-order valence-electron chi connectivity index (χ1n) is 13.7. The topological polar surface area (TPSA) is 151 Å². The second-order valence-corrected chi connectivity index (χ2v) is 15.3. The van der Waals surface area contributed by atoms with Crippen molar-refractivity contribution in [2.45, 2.75) is 46.1 Å². The molecule has 12 nitrogen and oxygen atoms in total. The average molecular weight is 675 g/mol. The first-order chi connectivity index (χ1) is 21.1. The lowest BCUT2D eigenvalue weighted by molar-refractivity contribution is -0.117. The summed E-state index contributed by atoms with van der Waals surface area (Å²) in [5.74, 6) is 0.893. The smallest absolute Gasteiger partial charge is 0.240 e. The highest BCUT2D eigenvalue weighted by molar-refractivity contribution is 8.01. The van der Waals surface area contributed by atoms with Gasteiger partial charge in [-0.15, -0.1) is 10.2 Å². The molecular weight excluding hydrogens is 644 g/mol. The number of hydrogen-bond acceptors (Lipinski definition) is 13. The molecule has 2 aromatic carbocycles. The number of halogens is 1. The molecule has 0 spiro atoms. The third kappa shape index (κ3) is 7.77. The molecule has 0 atom stereocenters. The minimum absolute atomic E-state index is 0.0933. The SMILES string of the molecule is COc1cc(Sc2nnc(NC(=O)CN3CCCC3)s2)ccc1Nc1ncc(Cl)c(Nc2ccccc2S(=O)(=O)C(C)C)n1. The van der Waals surface area contributed by atoms with Crippen molar-refractivity contribution in [3.63, 3.8) is 0 Å². The Labute approximate surface area is 268 Å². The van der Waals surface area contributed by atoms with Gasteiger partial charge in [-0.1, -0.05) is 46.8 Å². The van der Waals surface area contributed by atoms with Crippen LogP contribution in [0.25, 0.3) is 0 Å². The monoisotopic (exact) mass is 674 g/mol. The number of para-hydroxylation sites is 1. The third-order valence-electron chi connectivity index (χ3n) is 6.65. The molecule has 0 radical (unpaired) electrons. The summed E-state index contributed by atoms with van der Waals surface area (Å²) in [6.07, 6.45) is 3.67. The minimum Gasteiger partial charge on any atom is -0.495 e. The Morgan fingerprint density at radius 1 is 1.11 bits per heavy atom. The number of sulfone groups is 1. The molecule has 1 fully saturated rings. The lowest BCUT2D eigenvalue weighted by Gasteiger charge is -2.16. The zero-order valence-corrected chi connectivity index (χ0v) is 27.4. The maximum absolute atomic E-state index is 12.9. The van der Waals surface area contributed by atoms with Crippen LogP contribution in [0.3, 0.4) is 0 Å². The Balaban J connectivity index is 1.27. The van der Waals surface area contributed by atoms with E-state index in [2.05, 4.69) is 41.0 Å². The highest BCUT2D eigenvalue weighted by Gasteiger charge is 2.23. The van der Waals surface area contributed by atoms with Crippen LogP contribution in [-0.4, -0.2) is 71.4 Å². The molecule has 0 aliphatic carbocycles. The van der Waals surface area contributed by atoms with Crippen LogP contribution in [0, 0.1) is 0 Å². The van der Waals surface area contributed by atoms with Crippen molar-refractivity contribution in [3.8, 4) is 5.75 Å². The number of ether oxygens (including phenoxy) is 1. The van der Waals surface area contributed by atoms with E-state index in [9.17, 15) is 13.2 Å². The van der Waals surface area contributed by atoms with Crippen LogP contribution in [0.1, 0.15) is 26.7 Å². The lowest BCUT2D eigenvalue weighted by atomic mass is 10.3. The summed E-state index contributed by atoms with van der Waals surface area (Å²) in [7, 11) is -2.00. The van der Waals surface area contributed by atoms with Gasteiger partial charge < -0.3 is 15.4 Å². The summed E-state index contributed by atoms with van der Waals surface area (Å²) >= 11 is 9.06. The van der Waals surface area contributed by atoms with Crippen LogP contribution in [0.5, 0.6) is 5.75 Å². The van der Waals surface area contributed by atoms with Crippen molar-refractivity contribution in [2.75, 3.05) is 42.7 Å². The predicted octanol–water partition coefficient (Wildman–Crippen LogP) is 5.84. The summed E-state index contributed by atoms with van der Waals surface area (Å²) in [4.78, 5) is 24.2. The first-order valence-corrected chi connectivity index (χ1v) is 17.3. The fraction of sp³-hybridized carbons (Fsp3) is 0.321. The molecule has 44 heavy (non-hydrogen) atoms. The molecule has 3 N–H and O–H groups in total. The Morgan fingerprint density at radius 3 is 2.64 bits per heavy atom. The number of likely N-dealkylation sites (tertiary alicyclic amines) is 1. The van der Waals surface area contributed by atoms with Gasteiger partial charge >= 0.3 is 0 Å². The molecule has 1 saturated heterocycles. The van der Waals surface area contributed by atoms with Crippen molar-refractivity contribution in [1.82, 2.24) is 25.1 Å². The van der Waals surface area contributed by atoms with Crippen LogP contribution < -0.4 is 20.7 Å². The lowest BCUT2D eigenvalue weighted by Crippen LogP contribution is -2.30. The summed E-state index contributed by atoms with van der Waals surface area (Å²) in [5.41, 5.74) is 0.956. The van der Waals surface area contributed by atoms with E-state index >= 15 is 0 Å². The van der Waals surface area contributed by atoms with E-state index in [0.29, 0.717) is 33.1 Å². The largest absolute Gasteiger partial charge is 0.495 e. The number of carbonyl (C=O) groups is 1. The number of hydrogen-bond donors (Lipinski definition) is 3. The highest BCUT2D eigenvalue weighted by Crippen LogP contribution is 2.37.